The van der Waals surface area contributed by atoms with Gasteiger partial charge in [-0.15, -0.1) is 0 Å². The predicted octanol–water partition coefficient (Wildman–Crippen LogP) is 1.74. The molecule has 1 aromatic rings. The van der Waals surface area contributed by atoms with E-state index in [2.05, 4.69) is 34.3 Å². The van der Waals surface area contributed by atoms with E-state index in [1.165, 1.54) is 5.69 Å². The van der Waals surface area contributed by atoms with E-state index < -0.39 is 0 Å². The lowest BCUT2D eigenvalue weighted by molar-refractivity contribution is 0.0384. The Labute approximate surface area is 96.6 Å². The molecule has 0 radical (unpaired) electrons. The summed E-state index contributed by atoms with van der Waals surface area (Å²) in [5, 5.41) is 3.06. The van der Waals surface area contributed by atoms with Gasteiger partial charge in [0.2, 0.25) is 0 Å². The molecule has 1 aromatic heterocycles. The van der Waals surface area contributed by atoms with Gasteiger partial charge in [0.05, 0.1) is 12.7 Å². The van der Waals surface area contributed by atoms with Gasteiger partial charge in [0.15, 0.2) is 0 Å². The smallest absolute Gasteiger partial charge is 0.127 e. The monoisotopic (exact) mass is 221 g/mol. The van der Waals surface area contributed by atoms with Crippen molar-refractivity contribution in [3.8, 4) is 0 Å². The maximum atomic E-state index is 5.66. The average molecular weight is 221 g/mol. The number of nitrogens with one attached hydrogen (secondary N) is 1. The van der Waals surface area contributed by atoms with Crippen molar-refractivity contribution in [2.75, 3.05) is 37.0 Å². The van der Waals surface area contributed by atoms with Crippen LogP contribution in [0.15, 0.2) is 18.3 Å². The van der Waals surface area contributed by atoms with Crippen LogP contribution in [0.5, 0.6) is 0 Å². The molecule has 1 fully saturated rings. The third-order valence-electron chi connectivity index (χ3n) is 2.96. The van der Waals surface area contributed by atoms with Crippen molar-refractivity contribution < 1.29 is 4.74 Å². The number of hydrogen-bond donors (Lipinski definition) is 1. The Kier molecular flexibility index (Phi) is 3.62. The van der Waals surface area contributed by atoms with Crippen LogP contribution in [0, 0.1) is 0 Å². The maximum Gasteiger partial charge on any atom is 0.127 e. The van der Waals surface area contributed by atoms with Crippen LogP contribution >= 0.6 is 0 Å². The van der Waals surface area contributed by atoms with Crippen molar-refractivity contribution in [1.29, 1.82) is 0 Å². The molecule has 1 aliphatic heterocycles. The van der Waals surface area contributed by atoms with Gasteiger partial charge in [-0.3, -0.25) is 0 Å². The standard InChI is InChI=1S/C12H19N3O/c1-3-11-9-15(6-7-16-11)10-4-5-14-12(8-10)13-2/h4-5,8,11H,3,6-7,9H2,1-2H3,(H,13,14). The van der Waals surface area contributed by atoms with E-state index in [1.54, 1.807) is 0 Å². The molecule has 2 rings (SSSR count). The number of aromatic nitrogens is 1. The third-order valence-corrected chi connectivity index (χ3v) is 2.96. The Morgan fingerprint density at radius 1 is 1.62 bits per heavy atom. The predicted molar refractivity (Wildman–Crippen MR) is 66.0 cm³/mol. The summed E-state index contributed by atoms with van der Waals surface area (Å²) in [6.07, 6.45) is 3.28. The van der Waals surface area contributed by atoms with Crippen molar-refractivity contribution in [2.24, 2.45) is 0 Å². The number of morpholine rings is 1. The highest BCUT2D eigenvalue weighted by atomic mass is 16.5. The van der Waals surface area contributed by atoms with Gasteiger partial charge in [-0.25, -0.2) is 4.98 Å². The lowest BCUT2D eigenvalue weighted by atomic mass is 10.2. The molecule has 4 heteroatoms. The number of ether oxygens (including phenoxy) is 1. The average Bonchev–Trinajstić information content (AvgIpc) is 2.39. The Morgan fingerprint density at radius 2 is 2.50 bits per heavy atom. The van der Waals surface area contributed by atoms with Gasteiger partial charge in [-0.1, -0.05) is 6.92 Å². The van der Waals surface area contributed by atoms with Gasteiger partial charge in [-0.2, -0.15) is 0 Å². The molecule has 0 bridgehead atoms. The summed E-state index contributed by atoms with van der Waals surface area (Å²) < 4.78 is 5.66. The molecule has 1 saturated heterocycles. The van der Waals surface area contributed by atoms with Crippen LogP contribution in [0.2, 0.25) is 0 Å². The van der Waals surface area contributed by atoms with Crippen LogP contribution in [0.25, 0.3) is 0 Å². The molecule has 88 valence electrons. The summed E-state index contributed by atoms with van der Waals surface area (Å²) in [5.74, 6) is 0.914. The van der Waals surface area contributed by atoms with Gasteiger partial charge in [0.25, 0.3) is 0 Å². The van der Waals surface area contributed by atoms with Gasteiger partial charge < -0.3 is 15.0 Å². The SMILES string of the molecule is CCC1CN(c2ccnc(NC)c2)CCO1. The van der Waals surface area contributed by atoms with E-state index in [4.69, 9.17) is 4.74 Å². The lowest BCUT2D eigenvalue weighted by Crippen LogP contribution is -2.42. The fourth-order valence-corrected chi connectivity index (χ4v) is 1.95. The zero-order valence-electron chi connectivity index (χ0n) is 9.94. The minimum atomic E-state index is 0.361. The first-order chi connectivity index (χ1) is 7.83. The fourth-order valence-electron chi connectivity index (χ4n) is 1.95. The summed E-state index contributed by atoms with van der Waals surface area (Å²) in [4.78, 5) is 6.58. The van der Waals surface area contributed by atoms with Crippen molar-refractivity contribution in [2.45, 2.75) is 19.4 Å². The summed E-state index contributed by atoms with van der Waals surface area (Å²) in [6, 6.07) is 4.14. The first kappa shape index (κ1) is 11.2. The normalized spacial score (nSPS) is 20.9. The van der Waals surface area contributed by atoms with Crippen LogP contribution in [0.1, 0.15) is 13.3 Å². The molecular weight excluding hydrogens is 202 g/mol. The van der Waals surface area contributed by atoms with Gasteiger partial charge in [-0.05, 0) is 12.5 Å². The lowest BCUT2D eigenvalue weighted by Gasteiger charge is -2.34. The zero-order valence-corrected chi connectivity index (χ0v) is 9.94. The molecule has 0 saturated carbocycles. The number of pyridine rings is 1. The van der Waals surface area contributed by atoms with Crippen molar-refractivity contribution in [3.63, 3.8) is 0 Å². The third kappa shape index (κ3) is 2.44. The first-order valence-corrected chi connectivity index (χ1v) is 5.84. The molecule has 1 atom stereocenters. The molecule has 0 aliphatic carbocycles. The second kappa shape index (κ2) is 5.16. The van der Waals surface area contributed by atoms with Gasteiger partial charge in [0.1, 0.15) is 5.82 Å². The van der Waals surface area contributed by atoms with Crippen LogP contribution < -0.4 is 10.2 Å². The molecule has 0 amide bonds. The summed E-state index contributed by atoms with van der Waals surface area (Å²) in [7, 11) is 1.89. The highest BCUT2D eigenvalue weighted by Crippen LogP contribution is 2.20. The van der Waals surface area contributed by atoms with E-state index in [9.17, 15) is 0 Å². The number of nitrogens with zero attached hydrogens (tertiary/aromatic N) is 2. The van der Waals surface area contributed by atoms with Crippen LogP contribution in [0.3, 0.4) is 0 Å². The van der Waals surface area contributed by atoms with E-state index in [0.717, 1.165) is 31.9 Å². The first-order valence-electron chi connectivity index (χ1n) is 5.84. The Balaban J connectivity index is 2.10. The second-order valence-corrected chi connectivity index (χ2v) is 4.00. The molecule has 16 heavy (non-hydrogen) atoms. The topological polar surface area (TPSA) is 37.4 Å². The minimum Gasteiger partial charge on any atom is -0.375 e. The van der Waals surface area contributed by atoms with Crippen LogP contribution in [-0.4, -0.2) is 37.8 Å². The van der Waals surface area contributed by atoms with Crippen molar-refractivity contribution in [1.82, 2.24) is 4.98 Å². The summed E-state index contributed by atoms with van der Waals surface area (Å²) >= 11 is 0. The maximum absolute atomic E-state index is 5.66. The molecule has 0 spiro atoms. The highest BCUT2D eigenvalue weighted by molar-refractivity contribution is 5.53. The number of rotatable bonds is 3. The Morgan fingerprint density at radius 3 is 3.25 bits per heavy atom. The highest BCUT2D eigenvalue weighted by Gasteiger charge is 2.19. The van der Waals surface area contributed by atoms with E-state index in [0.29, 0.717) is 6.10 Å². The molecule has 1 unspecified atom stereocenters. The van der Waals surface area contributed by atoms with Gasteiger partial charge >= 0.3 is 0 Å². The van der Waals surface area contributed by atoms with Crippen molar-refractivity contribution in [3.05, 3.63) is 18.3 Å². The van der Waals surface area contributed by atoms with E-state index in [-0.39, 0.29) is 0 Å². The molecule has 4 nitrogen and oxygen atoms in total. The van der Waals surface area contributed by atoms with Crippen LogP contribution in [0.4, 0.5) is 11.5 Å². The quantitative estimate of drug-likeness (QED) is 0.843. The summed E-state index contributed by atoms with van der Waals surface area (Å²) in [5.41, 5.74) is 1.22. The molecule has 1 aliphatic rings. The van der Waals surface area contributed by atoms with Crippen LogP contribution in [-0.2, 0) is 4.74 Å². The molecule has 1 N–H and O–H groups in total. The Bertz CT molecular complexity index is 343. The van der Waals surface area contributed by atoms with Crippen molar-refractivity contribution >= 4 is 11.5 Å². The van der Waals surface area contributed by atoms with E-state index >= 15 is 0 Å². The summed E-state index contributed by atoms with van der Waals surface area (Å²) in [6.45, 7) is 4.92. The molecule has 0 aromatic carbocycles. The molecule has 2 heterocycles. The Hall–Kier alpha value is -1.29. The minimum absolute atomic E-state index is 0.361. The molecular formula is C12H19N3O. The number of hydrogen-bond acceptors (Lipinski definition) is 4. The second-order valence-electron chi connectivity index (χ2n) is 4.00. The number of anilines is 2. The van der Waals surface area contributed by atoms with Gasteiger partial charge in [0, 0.05) is 38.1 Å². The zero-order chi connectivity index (χ0) is 11.4. The fraction of sp³-hybridized carbons (Fsp3) is 0.583. The largest absolute Gasteiger partial charge is 0.375 e. The van der Waals surface area contributed by atoms with E-state index in [1.807, 2.05) is 13.2 Å².